The van der Waals surface area contributed by atoms with E-state index in [1.54, 1.807) is 25.3 Å². The third-order valence-corrected chi connectivity index (χ3v) is 30.3. The Morgan fingerprint density at radius 3 is 2.44 bits per heavy atom. The van der Waals surface area contributed by atoms with Crippen LogP contribution in [0.5, 0.6) is 5.75 Å². The molecule has 6 heterocycles. The van der Waals surface area contributed by atoms with E-state index in [0.29, 0.717) is 80.2 Å². The summed E-state index contributed by atoms with van der Waals surface area (Å²) in [6.07, 6.45) is 17.9. The molecule has 1 amide bonds. The zero-order valence-electron chi connectivity index (χ0n) is 50.6. The van der Waals surface area contributed by atoms with Gasteiger partial charge in [0.25, 0.3) is 0 Å². The third-order valence-electron chi connectivity index (χ3n) is 27.7. The molecule has 10 N–H and O–H groups in total. The first-order valence-corrected chi connectivity index (χ1v) is 35.3. The van der Waals surface area contributed by atoms with Gasteiger partial charge in [-0.1, -0.05) is 92.8 Å². The van der Waals surface area contributed by atoms with E-state index < -0.39 is 110 Å². The Kier molecular flexibility index (Phi) is 14.8. The lowest BCUT2D eigenvalue weighted by atomic mass is 9.38. The van der Waals surface area contributed by atoms with Gasteiger partial charge in [-0.2, -0.15) is 0 Å². The number of phenolic OH excluding ortho intramolecular Hbond substituents is 1. The first kappa shape index (κ1) is 60.2. The molecule has 1 aromatic rings. The zero-order chi connectivity index (χ0) is 59.8. The maximum Gasteiger partial charge on any atom is 0.234 e. The molecule has 0 radical (unpaired) electrons. The summed E-state index contributed by atoms with van der Waals surface area (Å²) in [7, 11) is 4.30. The van der Waals surface area contributed by atoms with Crippen molar-refractivity contribution >= 4 is 39.0 Å². The van der Waals surface area contributed by atoms with E-state index in [1.807, 2.05) is 24.0 Å². The highest BCUT2D eigenvalue weighted by atomic mass is 33.1. The molecule has 17 heteroatoms. The maximum absolute atomic E-state index is 16.7. The number of ether oxygens (including phenoxy) is 2. The SMILES string of the molecule is COC1C=CC2CC(C3CCC4(CN5C(=O)C46C(CO)CCCC6CSSC(O)C46CC(O)C(O)(CO)CC4(C)C4CC7C=CCC(O)(C8OC8C(C)C(C)C)C8CCC(O)(C4=CC6=O)C78CCc4cc(O)cc5c4)C3O)NC3(CCCC3)C2C1. The average Bonchev–Trinajstić information content (AvgIpc) is 1.67. The predicted octanol–water partition coefficient (Wildman–Crippen LogP) is 7.31. The molecule has 0 aromatic heterocycles. The number of hydrogen-bond donors (Lipinski definition) is 10. The number of benzene rings is 1. The summed E-state index contributed by atoms with van der Waals surface area (Å²) in [4.78, 5) is 34.5. The number of epoxide rings is 1. The number of amides is 1. The number of fused-ring (bicyclic) bond motifs is 3. The van der Waals surface area contributed by atoms with Crippen LogP contribution in [0.15, 0.2) is 54.2 Å². The summed E-state index contributed by atoms with van der Waals surface area (Å²) in [6.45, 7) is 7.51. The average molecular weight is 1210 g/mol. The number of nitrogens with one attached hydrogen (secondary N) is 1. The number of aromatic hydroxyl groups is 1. The smallest absolute Gasteiger partial charge is 0.234 e. The van der Waals surface area contributed by atoms with Crippen molar-refractivity contribution in [1.82, 2.24) is 5.32 Å². The van der Waals surface area contributed by atoms with Crippen molar-refractivity contribution in [2.75, 3.05) is 37.5 Å². The maximum atomic E-state index is 16.7. The van der Waals surface area contributed by atoms with Gasteiger partial charge in [0.05, 0.1) is 47.5 Å². The van der Waals surface area contributed by atoms with Gasteiger partial charge >= 0.3 is 0 Å². The number of aliphatic hydroxyl groups excluding tert-OH is 5. The number of aryl methyl sites for hydroxylation is 1. The first-order valence-electron chi connectivity index (χ1n) is 32.9. The molecule has 15 aliphatic rings. The van der Waals surface area contributed by atoms with Gasteiger partial charge in [-0.25, -0.2) is 0 Å². The topological polar surface area (TPSA) is 253 Å². The number of carbonyl (C=O) groups excluding carboxylic acids is 2. The number of hydrogen-bond acceptors (Lipinski definition) is 16. The Balaban J connectivity index is 0.918. The van der Waals surface area contributed by atoms with Crippen LogP contribution in [-0.2, 0) is 25.5 Å². The lowest BCUT2D eigenvalue weighted by Crippen LogP contribution is -2.72. The summed E-state index contributed by atoms with van der Waals surface area (Å²) in [5.41, 5.74) is -11.4. The molecular formula is C68H96N2O13S2. The van der Waals surface area contributed by atoms with E-state index in [2.05, 4.69) is 44.3 Å². The summed E-state index contributed by atoms with van der Waals surface area (Å²) in [5.74, 6) is -1.85. The number of piperidine rings is 1. The van der Waals surface area contributed by atoms with Crippen molar-refractivity contribution in [3.05, 3.63) is 59.7 Å². The highest BCUT2D eigenvalue weighted by Crippen LogP contribution is 2.77. The molecule has 24 atom stereocenters. The number of ketones is 1. The fourth-order valence-corrected chi connectivity index (χ4v) is 26.4. The predicted molar refractivity (Wildman–Crippen MR) is 325 cm³/mol. The fourth-order valence-electron chi connectivity index (χ4n) is 23.4. The van der Waals surface area contributed by atoms with Crippen molar-refractivity contribution in [2.24, 2.45) is 86.3 Å². The van der Waals surface area contributed by atoms with Crippen LogP contribution in [0.25, 0.3) is 0 Å². The van der Waals surface area contributed by atoms with Crippen molar-refractivity contribution in [3.63, 3.8) is 0 Å². The van der Waals surface area contributed by atoms with E-state index in [1.165, 1.54) is 10.8 Å². The van der Waals surface area contributed by atoms with E-state index in [-0.39, 0.29) is 92.0 Å². The van der Waals surface area contributed by atoms with Crippen LogP contribution in [0.4, 0.5) is 5.69 Å². The standard InChI is InChI=1S/C68H96N2O13S2/c1-37(2)38(3)55-57(83-55)66(80)20-9-12-41-27-49-50-30-53(74)65(31-54(75)63(79,36-72)34-60(49,65)4)59(78)85-84-33-43-11-8-10-42(32-71)68(43)58(77)70(44-24-39(25-45(73)28-44)15-22-64(41)52(66)17-23-67(50,64)81)35-61(68)21-16-47(56(61)76)51-26-40-13-14-46(82-5)29-48(40)62(69-51)18-6-7-19-62/h9,12-14,24-25,28,30,37-38,40-43,46-49,51-52,54-57,59,69,71-73,75-76,78-81H,6-8,10-11,15-23,26-27,29,31-36H2,1-5H3. The minimum Gasteiger partial charge on any atom is -0.508 e. The highest BCUT2D eigenvalue weighted by Gasteiger charge is 2.80. The molecule has 468 valence electrons. The van der Waals surface area contributed by atoms with Gasteiger partial charge in [-0.15, -0.1) is 0 Å². The number of anilines is 1. The fraction of sp³-hybridized carbons (Fsp3) is 0.794. The normalized spacial score (nSPS) is 50.8. The second-order valence-electron chi connectivity index (χ2n) is 30.8. The molecule has 5 spiro atoms. The molecule has 1 aromatic carbocycles. The molecule has 6 aliphatic heterocycles. The number of rotatable bonds is 7. The van der Waals surface area contributed by atoms with E-state index in [0.717, 1.165) is 61.3 Å². The summed E-state index contributed by atoms with van der Waals surface area (Å²) in [6, 6.07) is 5.36. The van der Waals surface area contributed by atoms with Gasteiger partial charge in [0.2, 0.25) is 5.91 Å². The molecule has 85 heavy (non-hydrogen) atoms. The Hall–Kier alpha value is -2.36. The number of allylic oxidation sites excluding steroid dienone is 3. The van der Waals surface area contributed by atoms with Gasteiger partial charge in [-0.05, 0) is 185 Å². The molecule has 16 rings (SSSR count). The Labute approximate surface area is 510 Å². The first-order chi connectivity index (χ1) is 40.5. The zero-order valence-corrected chi connectivity index (χ0v) is 52.3. The number of aliphatic hydroxyl groups is 8. The van der Waals surface area contributed by atoms with Gasteiger partial charge in [-0.3, -0.25) is 9.59 Å². The second kappa shape index (κ2) is 20.8. The monoisotopic (exact) mass is 1210 g/mol. The third kappa shape index (κ3) is 8.05. The molecular weight excluding hydrogens is 1120 g/mol. The van der Waals surface area contributed by atoms with Crippen LogP contribution in [0.2, 0.25) is 0 Å². The Morgan fingerprint density at radius 2 is 1.69 bits per heavy atom. The quantitative estimate of drug-likeness (QED) is 0.0730. The van der Waals surface area contributed by atoms with Crippen molar-refractivity contribution in [1.29, 1.82) is 0 Å². The molecule has 15 nitrogen and oxygen atoms in total. The van der Waals surface area contributed by atoms with Crippen LogP contribution in [-0.4, -0.2) is 155 Å². The summed E-state index contributed by atoms with van der Waals surface area (Å²) in [5, 5.41) is 119. The van der Waals surface area contributed by atoms with E-state index >= 15 is 9.59 Å². The van der Waals surface area contributed by atoms with Gasteiger partial charge in [0.15, 0.2) is 5.78 Å². The summed E-state index contributed by atoms with van der Waals surface area (Å²) >= 11 is 0. The number of methoxy groups -OCH3 is 1. The molecule has 24 unspecified atom stereocenters. The van der Waals surface area contributed by atoms with E-state index in [9.17, 15) is 46.0 Å². The van der Waals surface area contributed by atoms with Crippen LogP contribution in [0.3, 0.4) is 0 Å². The summed E-state index contributed by atoms with van der Waals surface area (Å²) < 4.78 is 12.5. The highest BCUT2D eigenvalue weighted by molar-refractivity contribution is 8.76. The Bertz CT molecular complexity index is 2920. The van der Waals surface area contributed by atoms with Gasteiger partial charge in [0, 0.05) is 72.0 Å². The largest absolute Gasteiger partial charge is 0.508 e. The molecule has 6 saturated carbocycles. The number of phenols is 1. The lowest BCUT2D eigenvalue weighted by molar-refractivity contribution is -0.235. The van der Waals surface area contributed by atoms with E-state index in [4.69, 9.17) is 9.47 Å². The van der Waals surface area contributed by atoms with Crippen LogP contribution in [0.1, 0.15) is 149 Å². The van der Waals surface area contributed by atoms with Gasteiger partial charge in [0.1, 0.15) is 28.5 Å². The van der Waals surface area contributed by atoms with Crippen LogP contribution in [0, 0.1) is 86.3 Å². The lowest BCUT2D eigenvalue weighted by Gasteiger charge is -2.68. The Morgan fingerprint density at radius 1 is 0.906 bits per heavy atom. The second-order valence-corrected chi connectivity index (χ2v) is 33.3. The van der Waals surface area contributed by atoms with Crippen LogP contribution < -0.4 is 10.2 Å². The minimum atomic E-state index is -2.04. The van der Waals surface area contributed by atoms with Crippen molar-refractivity contribution < 1.29 is 65.0 Å². The number of carbonyl (C=O) groups is 2. The molecule has 8 bridgehead atoms. The molecule has 9 fully saturated rings. The molecule has 9 aliphatic carbocycles. The number of nitrogens with zero attached hydrogens (tertiary/aromatic N) is 1. The van der Waals surface area contributed by atoms with Crippen LogP contribution >= 0.6 is 21.6 Å². The van der Waals surface area contributed by atoms with Crippen molar-refractivity contribution in [2.45, 2.75) is 214 Å². The minimum absolute atomic E-state index is 0.0269. The molecule has 3 saturated heterocycles. The van der Waals surface area contributed by atoms with Gasteiger partial charge < -0.3 is 65.6 Å². The van der Waals surface area contributed by atoms with Crippen molar-refractivity contribution in [3.8, 4) is 5.75 Å².